The molecule has 2 atom stereocenters. The molecule has 1 aliphatic heterocycles. The van der Waals surface area contributed by atoms with Crippen molar-refractivity contribution in [2.75, 3.05) is 36.4 Å². The zero-order valence-corrected chi connectivity index (χ0v) is 25.6. The fraction of sp³-hybridized carbons (Fsp3) is 0.633. The molecule has 3 heterocycles. The molecule has 2 fully saturated rings. The van der Waals surface area contributed by atoms with Crippen LogP contribution < -0.4 is 21.2 Å². The first-order chi connectivity index (χ1) is 19.8. The Bertz CT molecular complexity index is 1450. The van der Waals surface area contributed by atoms with E-state index in [1.165, 1.54) is 19.0 Å². The van der Waals surface area contributed by atoms with Crippen molar-refractivity contribution in [3.05, 3.63) is 39.9 Å². The molecular weight excluding hydrogens is 564 g/mol. The van der Waals surface area contributed by atoms with E-state index in [4.69, 9.17) is 11.6 Å². The van der Waals surface area contributed by atoms with Crippen molar-refractivity contribution in [3.63, 3.8) is 0 Å². The third-order valence-corrected chi connectivity index (χ3v) is 8.69. The first-order valence-electron chi connectivity index (χ1n) is 14.9. The average Bonchev–Trinajstić information content (AvgIpc) is 3.71. The molecule has 3 N–H and O–H groups in total. The maximum atomic E-state index is 14.4. The molecule has 1 saturated heterocycles. The van der Waals surface area contributed by atoms with E-state index in [2.05, 4.69) is 20.6 Å². The van der Waals surface area contributed by atoms with Crippen LogP contribution >= 0.6 is 11.6 Å². The van der Waals surface area contributed by atoms with Gasteiger partial charge in [0, 0.05) is 43.7 Å². The molecule has 0 spiro atoms. The number of piperidine rings is 1. The van der Waals surface area contributed by atoms with Gasteiger partial charge >= 0.3 is 5.69 Å². The minimum absolute atomic E-state index is 0.110. The van der Waals surface area contributed by atoms with E-state index >= 15 is 0 Å². The lowest BCUT2D eigenvalue weighted by atomic mass is 9.87. The Morgan fingerprint density at radius 1 is 1.12 bits per heavy atom. The van der Waals surface area contributed by atoms with Crippen LogP contribution in [0.5, 0.6) is 0 Å². The fourth-order valence-corrected chi connectivity index (χ4v) is 5.71. The number of halogens is 3. The number of benzene rings is 1. The van der Waals surface area contributed by atoms with E-state index in [-0.39, 0.29) is 23.8 Å². The first-order valence-corrected chi connectivity index (χ1v) is 15.3. The van der Waals surface area contributed by atoms with Gasteiger partial charge in [-0.3, -0.25) is 9.13 Å². The number of hydrogen-bond acceptors (Lipinski definition) is 7. The number of nitrogens with one attached hydrogen (secondary N) is 2. The summed E-state index contributed by atoms with van der Waals surface area (Å²) in [6.07, 6.45) is 5.32. The van der Waals surface area contributed by atoms with Crippen molar-refractivity contribution in [1.29, 1.82) is 0 Å². The van der Waals surface area contributed by atoms with Gasteiger partial charge in [-0.15, -0.1) is 0 Å². The largest absolute Gasteiger partial charge is 0.390 e. The van der Waals surface area contributed by atoms with Crippen LogP contribution in [0, 0.1) is 17.8 Å². The number of fused-ring (bicyclic) bond motifs is 1. The molecule has 2 aromatic heterocycles. The molecular formula is C30H42ClF2N7O2. The Hall–Kier alpha value is -2.76. The molecule has 3 aromatic rings. The molecule has 0 unspecified atom stereocenters. The highest BCUT2D eigenvalue weighted by atomic mass is 35.5. The number of anilines is 3. The van der Waals surface area contributed by atoms with Crippen LogP contribution in [0.2, 0.25) is 5.02 Å². The Kier molecular flexibility index (Phi) is 8.83. The van der Waals surface area contributed by atoms with E-state index in [0.717, 1.165) is 36.5 Å². The molecule has 0 amide bonds. The van der Waals surface area contributed by atoms with Crippen LogP contribution in [-0.4, -0.2) is 61.9 Å². The maximum absolute atomic E-state index is 14.4. The fourth-order valence-electron chi connectivity index (χ4n) is 5.57. The molecule has 1 aromatic carbocycles. The van der Waals surface area contributed by atoms with Crippen LogP contribution in [0.3, 0.4) is 0 Å². The van der Waals surface area contributed by atoms with Gasteiger partial charge in [-0.25, -0.2) is 18.6 Å². The summed E-state index contributed by atoms with van der Waals surface area (Å²) in [4.78, 5) is 24.2. The Labute approximate surface area is 250 Å². The minimum atomic E-state index is -2.75. The van der Waals surface area contributed by atoms with Crippen LogP contribution in [0.15, 0.2) is 29.2 Å². The zero-order chi connectivity index (χ0) is 30.2. The van der Waals surface area contributed by atoms with Crippen molar-refractivity contribution < 1.29 is 13.9 Å². The van der Waals surface area contributed by atoms with Crippen molar-refractivity contribution in [2.45, 2.75) is 78.0 Å². The van der Waals surface area contributed by atoms with E-state index < -0.39 is 23.4 Å². The van der Waals surface area contributed by atoms with E-state index in [1.807, 2.05) is 18.2 Å². The van der Waals surface area contributed by atoms with Gasteiger partial charge in [-0.05, 0) is 76.7 Å². The van der Waals surface area contributed by atoms with E-state index in [9.17, 15) is 18.7 Å². The smallest absolute Gasteiger partial charge is 0.329 e. The predicted octanol–water partition coefficient (Wildman–Crippen LogP) is 5.27. The summed E-state index contributed by atoms with van der Waals surface area (Å²) in [6, 6.07) is 5.66. The molecule has 1 aliphatic carbocycles. The molecule has 0 bridgehead atoms. The van der Waals surface area contributed by atoms with Crippen LogP contribution in [0.25, 0.3) is 11.0 Å². The average molecular weight is 606 g/mol. The summed E-state index contributed by atoms with van der Waals surface area (Å²) in [7, 11) is 0. The quantitative estimate of drug-likeness (QED) is 0.242. The second-order valence-corrected chi connectivity index (χ2v) is 13.1. The van der Waals surface area contributed by atoms with Gasteiger partial charge in [0.05, 0.1) is 22.8 Å². The third kappa shape index (κ3) is 6.89. The molecule has 1 saturated carbocycles. The monoisotopic (exact) mass is 605 g/mol. The molecule has 5 rings (SSSR count). The van der Waals surface area contributed by atoms with Gasteiger partial charge in [0.1, 0.15) is 5.02 Å². The summed E-state index contributed by atoms with van der Waals surface area (Å²) in [5, 5.41) is 17.4. The normalized spacial score (nSPS) is 20.8. The van der Waals surface area contributed by atoms with Gasteiger partial charge in [0.25, 0.3) is 5.92 Å². The van der Waals surface area contributed by atoms with Crippen molar-refractivity contribution in [3.8, 4) is 0 Å². The number of nitrogens with zero attached hydrogens (tertiary/aromatic N) is 5. The van der Waals surface area contributed by atoms with E-state index in [1.54, 1.807) is 41.7 Å². The topological polar surface area (TPSA) is 100 Å². The lowest BCUT2D eigenvalue weighted by Gasteiger charge is -2.41. The Balaban J connectivity index is 1.39. The molecule has 9 nitrogen and oxygen atoms in total. The number of rotatable bonds is 12. The molecule has 42 heavy (non-hydrogen) atoms. The van der Waals surface area contributed by atoms with Crippen LogP contribution in [-0.2, 0) is 13.1 Å². The standard InChI is InChI=1S/C30H42ClF2N7O2/c1-19-17-38(18-20(2)30(19,32)33)27-35-16-23(31)26(37-27)36-22-8-9-24-25(14-22)40(13-10-29(3,4)42)28(41)39(24)12-5-11-34-15-21-6-7-21/h8-9,14,16,19-21,34,42H,5-7,10-13,15,17-18H2,1-4H3,(H,35,36,37)/t19-,20+. The molecule has 0 radical (unpaired) electrons. The van der Waals surface area contributed by atoms with Crippen LogP contribution in [0.4, 0.5) is 26.2 Å². The number of aryl methyl sites for hydroxylation is 2. The Morgan fingerprint density at radius 2 is 1.81 bits per heavy atom. The summed E-state index contributed by atoms with van der Waals surface area (Å²) < 4.78 is 32.3. The summed E-state index contributed by atoms with van der Waals surface area (Å²) in [5.41, 5.74) is 1.19. The lowest BCUT2D eigenvalue weighted by Crippen LogP contribution is -2.52. The van der Waals surface area contributed by atoms with Crippen molar-refractivity contribution >= 4 is 40.1 Å². The predicted molar refractivity (Wildman–Crippen MR) is 163 cm³/mol. The SMILES string of the molecule is C[C@@H]1CN(c2ncc(Cl)c(Nc3ccc4c(c3)n(CCC(C)(C)O)c(=O)n4CCCNCC3CC3)n2)C[C@H](C)C1(F)F. The van der Waals surface area contributed by atoms with Gasteiger partial charge < -0.3 is 20.6 Å². The van der Waals surface area contributed by atoms with Gasteiger partial charge in [0.15, 0.2) is 5.82 Å². The van der Waals surface area contributed by atoms with Gasteiger partial charge in [-0.2, -0.15) is 4.98 Å². The van der Waals surface area contributed by atoms with Crippen molar-refractivity contribution in [1.82, 2.24) is 24.4 Å². The van der Waals surface area contributed by atoms with Crippen molar-refractivity contribution in [2.24, 2.45) is 17.8 Å². The summed E-state index contributed by atoms with van der Waals surface area (Å²) >= 11 is 6.45. The highest BCUT2D eigenvalue weighted by Gasteiger charge is 2.47. The highest BCUT2D eigenvalue weighted by molar-refractivity contribution is 6.32. The summed E-state index contributed by atoms with van der Waals surface area (Å²) in [6.45, 7) is 9.66. The zero-order valence-electron chi connectivity index (χ0n) is 24.8. The molecule has 230 valence electrons. The second kappa shape index (κ2) is 12.1. The highest BCUT2D eigenvalue weighted by Crippen LogP contribution is 2.39. The number of hydrogen-bond donors (Lipinski definition) is 3. The van der Waals surface area contributed by atoms with Gasteiger partial charge in [-0.1, -0.05) is 25.4 Å². The number of aliphatic hydroxyl groups is 1. The minimum Gasteiger partial charge on any atom is -0.390 e. The van der Waals surface area contributed by atoms with Crippen LogP contribution in [0.1, 0.15) is 53.4 Å². The maximum Gasteiger partial charge on any atom is 0.329 e. The first kappa shape index (κ1) is 30.7. The number of imidazole rings is 1. The number of alkyl halides is 2. The number of aromatic nitrogens is 4. The van der Waals surface area contributed by atoms with Gasteiger partial charge in [0.2, 0.25) is 5.95 Å². The van der Waals surface area contributed by atoms with E-state index in [0.29, 0.717) is 37.0 Å². The third-order valence-electron chi connectivity index (χ3n) is 8.41. The summed E-state index contributed by atoms with van der Waals surface area (Å²) in [5.74, 6) is -2.93. The Morgan fingerprint density at radius 3 is 2.48 bits per heavy atom. The molecule has 12 heteroatoms. The second-order valence-electron chi connectivity index (χ2n) is 12.7. The molecule has 2 aliphatic rings. The lowest BCUT2D eigenvalue weighted by molar-refractivity contribution is -0.105.